The number of Topliss-reactive ketones (excluding diaryl/α,β-unsaturated/α-hetero) is 1. The molecule has 0 fully saturated rings. The monoisotopic (exact) mass is 324 g/mol. The van der Waals surface area contributed by atoms with Crippen molar-refractivity contribution in [3.05, 3.63) is 66.2 Å². The first-order valence-electron chi connectivity index (χ1n) is 8.04. The molecule has 0 unspecified atom stereocenters. The average molecular weight is 325 g/mol. The number of para-hydroxylation sites is 1. The van der Waals surface area contributed by atoms with Gasteiger partial charge in [-0.2, -0.15) is 5.10 Å². The maximum Gasteiger partial charge on any atom is 0.164 e. The Morgan fingerprint density at radius 3 is 2.09 bits per heavy atom. The van der Waals surface area contributed by atoms with Gasteiger partial charge in [0, 0.05) is 23.4 Å². The van der Waals surface area contributed by atoms with Gasteiger partial charge in [-0.25, -0.2) is 0 Å². The second-order valence-corrected chi connectivity index (χ2v) is 8.57. The molecular weight excluding hydrogens is 300 g/mol. The summed E-state index contributed by atoms with van der Waals surface area (Å²) < 4.78 is 2.14. The molecule has 120 valence electrons. The van der Waals surface area contributed by atoms with Gasteiger partial charge in [-0.1, -0.05) is 61.6 Å². The normalized spacial score (nSPS) is 11.6. The lowest BCUT2D eigenvalue weighted by atomic mass is 10.1. The van der Waals surface area contributed by atoms with Gasteiger partial charge < -0.3 is 0 Å². The highest BCUT2D eigenvalue weighted by molar-refractivity contribution is 6.60. The Kier molecular flexibility index (Phi) is 6.29. The molecule has 2 rings (SSSR count). The topological polar surface area (TPSA) is 32.7 Å². The molecule has 23 heavy (non-hydrogen) atoms. The van der Waals surface area contributed by atoms with Crippen LogP contribution >= 0.6 is 0 Å². The molecule has 0 aromatic heterocycles. The fraction of sp³-hybridized carbons (Fsp3) is 0.263. The predicted molar refractivity (Wildman–Crippen MR) is 101 cm³/mol. The van der Waals surface area contributed by atoms with E-state index in [0.717, 1.165) is 17.0 Å². The summed E-state index contributed by atoms with van der Waals surface area (Å²) in [4.78, 5) is 12.2. The zero-order valence-corrected chi connectivity index (χ0v) is 15.2. The van der Waals surface area contributed by atoms with E-state index in [2.05, 4.69) is 29.9 Å². The van der Waals surface area contributed by atoms with E-state index in [0.29, 0.717) is 12.8 Å². The van der Waals surface area contributed by atoms with Gasteiger partial charge in [0.2, 0.25) is 0 Å². The highest BCUT2D eigenvalue weighted by atomic mass is 28.3. The van der Waals surface area contributed by atoms with Crippen LogP contribution in [0.4, 0.5) is 5.69 Å². The van der Waals surface area contributed by atoms with Gasteiger partial charge in [-0.05, 0) is 25.5 Å². The number of benzene rings is 2. The SMILES string of the molecule is CC(CCC(=O)c1ccccc1)=NN(c1ccccc1)[SiH](C)C. The molecule has 4 heteroatoms. The van der Waals surface area contributed by atoms with Crippen LogP contribution in [0.25, 0.3) is 0 Å². The first-order chi connectivity index (χ1) is 11.1. The van der Waals surface area contributed by atoms with Crippen molar-refractivity contribution in [3.63, 3.8) is 0 Å². The number of hydrazone groups is 1. The molecule has 0 radical (unpaired) electrons. The Morgan fingerprint density at radius 2 is 1.52 bits per heavy atom. The molecule has 0 saturated carbocycles. The lowest BCUT2D eigenvalue weighted by Gasteiger charge is -2.24. The Bertz CT molecular complexity index is 654. The van der Waals surface area contributed by atoms with Crippen molar-refractivity contribution in [1.82, 2.24) is 0 Å². The number of carbonyl (C=O) groups is 1. The van der Waals surface area contributed by atoms with Crippen LogP contribution < -0.4 is 4.67 Å². The number of nitrogens with zero attached hydrogens (tertiary/aromatic N) is 2. The van der Waals surface area contributed by atoms with E-state index in [-0.39, 0.29) is 5.78 Å². The van der Waals surface area contributed by atoms with Crippen molar-refractivity contribution >= 4 is 26.1 Å². The van der Waals surface area contributed by atoms with E-state index in [1.165, 1.54) is 0 Å². The second-order valence-electron chi connectivity index (χ2n) is 5.90. The lowest BCUT2D eigenvalue weighted by Crippen LogP contribution is -2.30. The van der Waals surface area contributed by atoms with Gasteiger partial charge in [-0.15, -0.1) is 0 Å². The fourth-order valence-corrected chi connectivity index (χ4v) is 3.55. The number of ketones is 1. The third kappa shape index (κ3) is 5.18. The summed E-state index contributed by atoms with van der Waals surface area (Å²) in [6, 6.07) is 19.7. The van der Waals surface area contributed by atoms with E-state index in [9.17, 15) is 4.79 Å². The van der Waals surface area contributed by atoms with Crippen LogP contribution in [-0.4, -0.2) is 20.5 Å². The van der Waals surface area contributed by atoms with Crippen molar-refractivity contribution in [2.45, 2.75) is 32.9 Å². The van der Waals surface area contributed by atoms with Crippen LogP contribution in [0, 0.1) is 0 Å². The van der Waals surface area contributed by atoms with Gasteiger partial charge >= 0.3 is 0 Å². The van der Waals surface area contributed by atoms with E-state index in [1.54, 1.807) is 0 Å². The molecule has 0 aliphatic carbocycles. The minimum absolute atomic E-state index is 0.174. The van der Waals surface area contributed by atoms with Gasteiger partial charge in [0.15, 0.2) is 14.7 Å². The number of hydrogen-bond acceptors (Lipinski definition) is 3. The van der Waals surface area contributed by atoms with Crippen molar-refractivity contribution in [2.75, 3.05) is 4.67 Å². The Balaban J connectivity index is 2.02. The van der Waals surface area contributed by atoms with Crippen molar-refractivity contribution in [2.24, 2.45) is 5.10 Å². The minimum Gasteiger partial charge on any atom is -0.299 e. The molecular formula is C19H24N2OSi. The molecule has 3 nitrogen and oxygen atoms in total. The molecule has 2 aromatic carbocycles. The quantitative estimate of drug-likeness (QED) is 0.325. The summed E-state index contributed by atoms with van der Waals surface area (Å²) in [6.07, 6.45) is 1.19. The lowest BCUT2D eigenvalue weighted by molar-refractivity contribution is 0.0985. The zero-order chi connectivity index (χ0) is 16.7. The molecule has 0 bridgehead atoms. The third-order valence-electron chi connectivity index (χ3n) is 3.60. The highest BCUT2D eigenvalue weighted by Crippen LogP contribution is 2.16. The molecule has 0 N–H and O–H groups in total. The predicted octanol–water partition coefficient (Wildman–Crippen LogP) is 4.52. The van der Waals surface area contributed by atoms with Crippen molar-refractivity contribution in [3.8, 4) is 0 Å². The van der Waals surface area contributed by atoms with E-state index in [4.69, 9.17) is 5.10 Å². The molecule has 0 aliphatic heterocycles. The van der Waals surface area contributed by atoms with Crippen molar-refractivity contribution < 1.29 is 4.79 Å². The number of carbonyl (C=O) groups excluding carboxylic acids is 1. The molecule has 0 atom stereocenters. The molecule has 0 amide bonds. The minimum atomic E-state index is -1.12. The van der Waals surface area contributed by atoms with E-state index >= 15 is 0 Å². The van der Waals surface area contributed by atoms with Crippen LogP contribution in [0.5, 0.6) is 0 Å². The number of anilines is 1. The van der Waals surface area contributed by atoms with Crippen LogP contribution in [0.2, 0.25) is 13.1 Å². The summed E-state index contributed by atoms with van der Waals surface area (Å²) in [7, 11) is -1.12. The average Bonchev–Trinajstić information content (AvgIpc) is 2.58. The molecule has 0 spiro atoms. The molecule has 2 aromatic rings. The Morgan fingerprint density at radius 1 is 0.957 bits per heavy atom. The van der Waals surface area contributed by atoms with Crippen LogP contribution in [-0.2, 0) is 0 Å². The standard InChI is InChI=1S/C19H24N2OSi/c1-16(14-15-19(22)17-10-6-4-7-11-17)20-21(23(2)3)18-12-8-5-9-13-18/h4-13,23H,14-15H2,1-3H3. The second kappa shape index (κ2) is 8.43. The summed E-state index contributed by atoms with van der Waals surface area (Å²) in [5.74, 6) is 0.174. The molecule has 0 saturated heterocycles. The maximum absolute atomic E-state index is 12.2. The van der Waals surface area contributed by atoms with Crippen LogP contribution in [0.1, 0.15) is 30.1 Å². The summed E-state index contributed by atoms with van der Waals surface area (Å²) >= 11 is 0. The summed E-state index contributed by atoms with van der Waals surface area (Å²) in [6.45, 7) is 6.50. The Hall–Kier alpha value is -2.20. The zero-order valence-electron chi connectivity index (χ0n) is 14.1. The van der Waals surface area contributed by atoms with Gasteiger partial charge in [-0.3, -0.25) is 9.47 Å². The smallest absolute Gasteiger partial charge is 0.164 e. The van der Waals surface area contributed by atoms with Gasteiger partial charge in [0.1, 0.15) is 0 Å². The van der Waals surface area contributed by atoms with Gasteiger partial charge in [0.05, 0.1) is 0 Å². The number of rotatable bonds is 7. The fourth-order valence-electron chi connectivity index (χ4n) is 2.35. The summed E-state index contributed by atoms with van der Waals surface area (Å²) in [5.41, 5.74) is 2.90. The van der Waals surface area contributed by atoms with E-state index in [1.807, 2.05) is 55.5 Å². The summed E-state index contributed by atoms with van der Waals surface area (Å²) in [5, 5.41) is 4.77. The maximum atomic E-state index is 12.2. The number of hydrogen-bond donors (Lipinski definition) is 0. The largest absolute Gasteiger partial charge is 0.299 e. The van der Waals surface area contributed by atoms with Crippen LogP contribution in [0.3, 0.4) is 0 Å². The third-order valence-corrected chi connectivity index (χ3v) is 4.99. The van der Waals surface area contributed by atoms with Gasteiger partial charge in [0.25, 0.3) is 0 Å². The highest BCUT2D eigenvalue weighted by Gasteiger charge is 2.11. The molecule has 0 heterocycles. The van der Waals surface area contributed by atoms with Crippen molar-refractivity contribution in [1.29, 1.82) is 0 Å². The first kappa shape index (κ1) is 17.2. The van der Waals surface area contributed by atoms with E-state index < -0.39 is 8.96 Å². The first-order valence-corrected chi connectivity index (χ1v) is 10.9. The Labute approximate surface area is 140 Å². The van der Waals surface area contributed by atoms with Crippen LogP contribution in [0.15, 0.2) is 65.8 Å². The molecule has 0 aliphatic rings.